The summed E-state index contributed by atoms with van der Waals surface area (Å²) in [5.74, 6) is 0. The molecular weight excluding hydrogens is 397 g/mol. The van der Waals surface area contributed by atoms with Gasteiger partial charge in [-0.2, -0.15) is 6.42 Å². The van der Waals surface area contributed by atoms with Crippen molar-refractivity contribution in [1.82, 2.24) is 4.72 Å². The van der Waals surface area contributed by atoms with Crippen LogP contribution in [-0.4, -0.2) is 21.5 Å². The van der Waals surface area contributed by atoms with E-state index < -0.39 is 10.0 Å². The smallest absolute Gasteiger partial charge is 1.00 e. The first kappa shape index (κ1) is 25.9. The Morgan fingerprint density at radius 2 is 1.76 bits per heavy atom. The zero-order valence-corrected chi connectivity index (χ0v) is 15.9. The van der Waals surface area contributed by atoms with Gasteiger partial charge in [0.15, 0.2) is 0 Å². The molecule has 0 aliphatic heterocycles. The van der Waals surface area contributed by atoms with E-state index in [2.05, 4.69) is 18.6 Å². The van der Waals surface area contributed by atoms with Crippen LogP contribution in [0, 0.1) is 13.8 Å². The van der Waals surface area contributed by atoms with E-state index in [0.717, 1.165) is 12.0 Å². The van der Waals surface area contributed by atoms with E-state index in [9.17, 15) is 8.42 Å². The van der Waals surface area contributed by atoms with Crippen molar-refractivity contribution in [2.75, 3.05) is 13.1 Å². The summed E-state index contributed by atoms with van der Waals surface area (Å²) in [4.78, 5) is 0.275. The molecule has 0 saturated heterocycles. The van der Waals surface area contributed by atoms with Gasteiger partial charge >= 0.3 is 19.5 Å². The van der Waals surface area contributed by atoms with E-state index in [1.807, 2.05) is 6.92 Å². The van der Waals surface area contributed by atoms with Crippen LogP contribution in [-0.2, 0) is 29.5 Å². The average Bonchev–Trinajstić information content (AvgIpc) is 2.39. The number of hydrogen-bond donors (Lipinski definition) is 2. The molecule has 7 heteroatoms. The molecule has 0 fully saturated rings. The van der Waals surface area contributed by atoms with Gasteiger partial charge in [0.05, 0.1) is 4.90 Å². The van der Waals surface area contributed by atoms with Crippen LogP contribution in [0.1, 0.15) is 31.7 Å². The van der Waals surface area contributed by atoms with E-state index >= 15 is 0 Å². The summed E-state index contributed by atoms with van der Waals surface area (Å²) in [6, 6.07) is 6.68. The number of aryl methyl sites for hydroxylation is 1. The van der Waals surface area contributed by atoms with Crippen LogP contribution >= 0.6 is 0 Å². The van der Waals surface area contributed by atoms with Crippen molar-refractivity contribution >= 4 is 10.0 Å². The number of unbranched alkanes of at least 4 members (excludes halogenated alkanes) is 2. The number of benzene rings is 1. The maximum atomic E-state index is 11.5. The molecule has 0 unspecified atom stereocenters. The molecule has 3 N–H and O–H groups in total. The molecule has 0 heterocycles. The van der Waals surface area contributed by atoms with Crippen LogP contribution in [0.15, 0.2) is 29.2 Å². The number of halogens is 1. The Bertz CT molecular complexity index is 437. The van der Waals surface area contributed by atoms with Gasteiger partial charge in [-0.1, -0.05) is 37.5 Å². The molecule has 0 spiro atoms. The van der Waals surface area contributed by atoms with E-state index in [-0.39, 0.29) is 43.3 Å². The molecule has 1 rings (SSSR count). The van der Waals surface area contributed by atoms with Crippen LogP contribution in [0.3, 0.4) is 0 Å². The summed E-state index contributed by atoms with van der Waals surface area (Å²) in [7, 11) is -3.37. The Hall–Kier alpha value is 0.00338. The molecule has 1 aromatic rings. The summed E-state index contributed by atoms with van der Waals surface area (Å²) in [5.41, 5.74) is 6.24. The first-order valence-electron chi connectivity index (χ1n) is 6.53. The largest absolute Gasteiger partial charge is 2.00 e. The average molecular weight is 422 g/mol. The normalized spacial score (nSPS) is 9.71. The molecule has 0 saturated carbocycles. The number of nitrogens with two attached hydrogens (primary N) is 1. The van der Waals surface area contributed by atoms with E-state index in [1.54, 1.807) is 24.3 Å². The summed E-state index contributed by atoms with van der Waals surface area (Å²) in [6.07, 6.45) is 3.65. The van der Waals surface area contributed by atoms with Gasteiger partial charge < -0.3 is 25.1 Å². The number of rotatable bonds is 6. The molecule has 124 valence electrons. The fraction of sp³-hybridized carbons (Fsp3) is 0.500. The molecule has 1 aromatic carbocycles. The topological polar surface area (TPSA) is 72.2 Å². The summed E-state index contributed by atoms with van der Waals surface area (Å²) >= 11 is 0. The van der Waals surface area contributed by atoms with Crippen molar-refractivity contribution in [3.63, 3.8) is 0 Å². The molecule has 0 aliphatic rings. The van der Waals surface area contributed by atoms with Gasteiger partial charge in [0.25, 0.3) is 0 Å². The molecule has 4 nitrogen and oxygen atoms in total. The second-order valence-electron chi connectivity index (χ2n) is 4.21. The molecular formula is C14H25ClN2O2RuS. The SMILES string of the molecule is Cc1ccc(S(=O)(=O)NCCN)cc1.[CH2-]CCCC.[Cl-].[Ru+2]. The molecule has 0 amide bonds. The summed E-state index contributed by atoms with van der Waals surface area (Å²) in [5, 5.41) is 0. The summed E-state index contributed by atoms with van der Waals surface area (Å²) < 4.78 is 25.5. The molecule has 0 bridgehead atoms. The third-order valence-corrected chi connectivity index (χ3v) is 3.85. The molecule has 21 heavy (non-hydrogen) atoms. The van der Waals surface area contributed by atoms with Gasteiger partial charge in [0.1, 0.15) is 0 Å². The second kappa shape index (κ2) is 14.9. The van der Waals surface area contributed by atoms with Crippen molar-refractivity contribution in [3.05, 3.63) is 36.8 Å². The standard InChI is InChI=1S/C9H14N2O2S.C5H11.ClH.Ru/c1-8-2-4-9(5-3-8)14(12,13)11-7-6-10;1-3-5-4-2;;/h2-5,11H,6-7,10H2,1H3;1,3-5H2,2H3;1H;/q;-1;;+2/p-1. The van der Waals surface area contributed by atoms with Crippen molar-refractivity contribution in [1.29, 1.82) is 0 Å². The molecule has 0 aliphatic carbocycles. The van der Waals surface area contributed by atoms with E-state index in [1.165, 1.54) is 12.8 Å². The van der Waals surface area contributed by atoms with Crippen LogP contribution < -0.4 is 22.9 Å². The van der Waals surface area contributed by atoms with Crippen LogP contribution in [0.25, 0.3) is 0 Å². The predicted molar refractivity (Wildman–Crippen MR) is 80.3 cm³/mol. The number of nitrogens with one attached hydrogen (secondary N) is 1. The Balaban J connectivity index is -0.000000405. The maximum absolute atomic E-state index is 11.5. The number of sulfonamides is 1. The van der Waals surface area contributed by atoms with Crippen molar-refractivity contribution in [2.45, 2.75) is 38.0 Å². The first-order valence-corrected chi connectivity index (χ1v) is 8.02. The zero-order valence-electron chi connectivity index (χ0n) is 12.6. The first-order chi connectivity index (χ1) is 8.97. The maximum Gasteiger partial charge on any atom is 2.00 e. The monoisotopic (exact) mass is 422 g/mol. The minimum absolute atomic E-state index is 0. The Morgan fingerprint density at radius 1 is 1.24 bits per heavy atom. The van der Waals surface area contributed by atoms with Crippen molar-refractivity contribution < 1.29 is 40.3 Å². The van der Waals surface area contributed by atoms with Gasteiger partial charge in [0.2, 0.25) is 10.0 Å². The van der Waals surface area contributed by atoms with Gasteiger partial charge in [-0.25, -0.2) is 13.1 Å². The second-order valence-corrected chi connectivity index (χ2v) is 5.97. The summed E-state index contributed by atoms with van der Waals surface area (Å²) in [6.45, 7) is 8.31. The third kappa shape index (κ3) is 12.3. The molecule has 0 radical (unpaired) electrons. The van der Waals surface area contributed by atoms with E-state index in [0.29, 0.717) is 6.54 Å². The Kier molecular flexibility index (Phi) is 18.4. The van der Waals surface area contributed by atoms with Crippen molar-refractivity contribution in [3.8, 4) is 0 Å². The van der Waals surface area contributed by atoms with Gasteiger partial charge in [-0.15, -0.1) is 0 Å². The van der Waals surface area contributed by atoms with Gasteiger partial charge in [-0.3, -0.25) is 0 Å². The van der Waals surface area contributed by atoms with Gasteiger partial charge in [0, 0.05) is 13.1 Å². The number of hydrogen-bond acceptors (Lipinski definition) is 3. The Morgan fingerprint density at radius 3 is 2.10 bits per heavy atom. The van der Waals surface area contributed by atoms with Crippen LogP contribution in [0.2, 0.25) is 0 Å². The van der Waals surface area contributed by atoms with Crippen LogP contribution in [0.5, 0.6) is 0 Å². The molecule has 0 atom stereocenters. The van der Waals surface area contributed by atoms with Crippen molar-refractivity contribution in [2.24, 2.45) is 5.73 Å². The fourth-order valence-electron chi connectivity index (χ4n) is 1.24. The minimum atomic E-state index is -3.37. The van der Waals surface area contributed by atoms with E-state index in [4.69, 9.17) is 5.73 Å². The Labute approximate surface area is 148 Å². The third-order valence-electron chi connectivity index (χ3n) is 2.37. The minimum Gasteiger partial charge on any atom is -1.00 e. The predicted octanol–water partition coefficient (Wildman–Crippen LogP) is -0.756. The fourth-order valence-corrected chi connectivity index (χ4v) is 2.29. The zero-order chi connectivity index (χ0) is 14.7. The van der Waals surface area contributed by atoms with Crippen LogP contribution in [0.4, 0.5) is 0 Å². The molecule has 0 aromatic heterocycles. The van der Waals surface area contributed by atoms with Gasteiger partial charge in [-0.05, 0) is 19.1 Å². The quantitative estimate of drug-likeness (QED) is 0.468.